The number of hydrogen-bond donors (Lipinski definition) is 1. The Kier molecular flexibility index (Phi) is 10.7. The van der Waals surface area contributed by atoms with Crippen molar-refractivity contribution in [2.75, 3.05) is 40.4 Å². The predicted molar refractivity (Wildman–Crippen MR) is 132 cm³/mol. The maximum absolute atomic E-state index is 5.52. The third-order valence-corrected chi connectivity index (χ3v) is 5.22. The van der Waals surface area contributed by atoms with Gasteiger partial charge in [-0.15, -0.1) is 24.0 Å². The summed E-state index contributed by atoms with van der Waals surface area (Å²) in [6.45, 7) is 7.99. The second-order valence-electron chi connectivity index (χ2n) is 7.80. The third kappa shape index (κ3) is 7.59. The van der Waals surface area contributed by atoms with E-state index in [0.29, 0.717) is 12.5 Å². The van der Waals surface area contributed by atoms with Crippen molar-refractivity contribution < 1.29 is 9.15 Å². The molecule has 6 nitrogen and oxygen atoms in total. The van der Waals surface area contributed by atoms with Gasteiger partial charge in [0.25, 0.3) is 0 Å². The van der Waals surface area contributed by atoms with Gasteiger partial charge in [-0.3, -0.25) is 4.90 Å². The zero-order chi connectivity index (χ0) is 20.5. The fraction of sp³-hybridized carbons (Fsp3) is 0.522. The first-order valence-corrected chi connectivity index (χ1v) is 10.5. The predicted octanol–water partition coefficient (Wildman–Crippen LogP) is 3.96. The fourth-order valence-electron chi connectivity index (χ4n) is 3.71. The number of benzene rings is 1. The van der Waals surface area contributed by atoms with Crippen molar-refractivity contribution in [2.24, 2.45) is 10.9 Å². The SMILES string of the molecule is CCNC(=NCc1ccccc1CN(C)Cc1ccco1)N(C)CC1CCOC1.I. The van der Waals surface area contributed by atoms with E-state index in [-0.39, 0.29) is 24.0 Å². The van der Waals surface area contributed by atoms with E-state index >= 15 is 0 Å². The van der Waals surface area contributed by atoms with Crippen molar-refractivity contribution in [2.45, 2.75) is 33.0 Å². The van der Waals surface area contributed by atoms with E-state index in [2.05, 4.69) is 60.4 Å². The van der Waals surface area contributed by atoms with Crippen molar-refractivity contribution in [3.8, 4) is 0 Å². The van der Waals surface area contributed by atoms with Gasteiger partial charge in [0, 0.05) is 39.2 Å². The molecule has 0 saturated carbocycles. The first-order valence-electron chi connectivity index (χ1n) is 10.5. The van der Waals surface area contributed by atoms with Gasteiger partial charge in [0.05, 0.1) is 26.0 Å². The van der Waals surface area contributed by atoms with Crippen molar-refractivity contribution in [1.82, 2.24) is 15.1 Å². The molecule has 1 N–H and O–H groups in total. The molecular weight excluding hydrogens is 491 g/mol. The van der Waals surface area contributed by atoms with Gasteiger partial charge in [-0.1, -0.05) is 24.3 Å². The summed E-state index contributed by atoms with van der Waals surface area (Å²) in [6.07, 6.45) is 2.86. The van der Waals surface area contributed by atoms with Crippen LogP contribution in [0.2, 0.25) is 0 Å². The molecule has 30 heavy (non-hydrogen) atoms. The van der Waals surface area contributed by atoms with Gasteiger partial charge >= 0.3 is 0 Å². The summed E-state index contributed by atoms with van der Waals surface area (Å²) < 4.78 is 11.0. The van der Waals surface area contributed by atoms with Crippen LogP contribution in [0, 0.1) is 5.92 Å². The highest BCUT2D eigenvalue weighted by atomic mass is 127. The molecule has 1 saturated heterocycles. The van der Waals surface area contributed by atoms with E-state index in [9.17, 15) is 0 Å². The zero-order valence-electron chi connectivity index (χ0n) is 18.3. The normalized spacial score (nSPS) is 16.5. The van der Waals surface area contributed by atoms with Crippen LogP contribution in [0.5, 0.6) is 0 Å². The molecule has 1 aliphatic heterocycles. The Hall–Kier alpha value is -1.58. The van der Waals surface area contributed by atoms with Crippen molar-refractivity contribution in [3.05, 3.63) is 59.5 Å². The highest BCUT2D eigenvalue weighted by molar-refractivity contribution is 14.0. The van der Waals surface area contributed by atoms with Crippen LogP contribution in [0.3, 0.4) is 0 Å². The van der Waals surface area contributed by atoms with E-state index in [0.717, 1.165) is 57.5 Å². The molecule has 0 amide bonds. The summed E-state index contributed by atoms with van der Waals surface area (Å²) in [4.78, 5) is 9.42. The second kappa shape index (κ2) is 13.0. The van der Waals surface area contributed by atoms with Gasteiger partial charge in [-0.05, 0) is 43.7 Å². The number of ether oxygens (including phenoxy) is 1. The van der Waals surface area contributed by atoms with E-state index in [1.807, 2.05) is 12.1 Å². The van der Waals surface area contributed by atoms with Gasteiger partial charge in [-0.2, -0.15) is 0 Å². The minimum Gasteiger partial charge on any atom is -0.468 e. The summed E-state index contributed by atoms with van der Waals surface area (Å²) in [5, 5.41) is 3.43. The summed E-state index contributed by atoms with van der Waals surface area (Å²) in [5.41, 5.74) is 2.56. The molecule has 3 rings (SSSR count). The number of nitrogens with one attached hydrogen (secondary N) is 1. The minimum atomic E-state index is 0. The largest absolute Gasteiger partial charge is 0.468 e. The number of nitrogens with zero attached hydrogens (tertiary/aromatic N) is 3. The Morgan fingerprint density at radius 2 is 1.93 bits per heavy atom. The first-order chi connectivity index (χ1) is 14.2. The Bertz CT molecular complexity index is 760. The number of furan rings is 1. The van der Waals surface area contributed by atoms with Gasteiger partial charge in [-0.25, -0.2) is 4.99 Å². The Morgan fingerprint density at radius 3 is 2.60 bits per heavy atom. The summed E-state index contributed by atoms with van der Waals surface area (Å²) in [7, 11) is 4.23. The molecule has 0 radical (unpaired) electrons. The van der Waals surface area contributed by atoms with Crippen LogP contribution in [-0.2, 0) is 24.4 Å². The summed E-state index contributed by atoms with van der Waals surface area (Å²) in [6, 6.07) is 12.5. The molecule has 2 heterocycles. The van der Waals surface area contributed by atoms with E-state index in [4.69, 9.17) is 14.1 Å². The molecule has 7 heteroatoms. The second-order valence-corrected chi connectivity index (χ2v) is 7.80. The van der Waals surface area contributed by atoms with Crippen molar-refractivity contribution in [3.63, 3.8) is 0 Å². The topological polar surface area (TPSA) is 53.2 Å². The molecule has 0 bridgehead atoms. The van der Waals surface area contributed by atoms with E-state index in [1.54, 1.807) is 6.26 Å². The average molecular weight is 526 g/mol. The van der Waals surface area contributed by atoms with Crippen LogP contribution in [0.15, 0.2) is 52.1 Å². The molecule has 1 aromatic carbocycles. The fourth-order valence-corrected chi connectivity index (χ4v) is 3.71. The Morgan fingerprint density at radius 1 is 1.13 bits per heavy atom. The van der Waals surface area contributed by atoms with Crippen molar-refractivity contribution >= 4 is 29.9 Å². The maximum atomic E-state index is 5.52. The maximum Gasteiger partial charge on any atom is 0.193 e. The zero-order valence-corrected chi connectivity index (χ0v) is 20.7. The van der Waals surface area contributed by atoms with Gasteiger partial charge < -0.3 is 19.4 Å². The molecular formula is C23H35IN4O2. The van der Waals surface area contributed by atoms with Gasteiger partial charge in [0.2, 0.25) is 0 Å². The number of halogens is 1. The van der Waals surface area contributed by atoms with Crippen LogP contribution < -0.4 is 5.32 Å². The molecule has 1 aliphatic rings. The standard InChI is InChI=1S/C23H34N4O2.HI/c1-4-24-23(27(3)15-19-11-13-28-18-19)25-14-20-8-5-6-9-21(20)16-26(2)17-22-10-7-12-29-22;/h5-10,12,19H,4,11,13-18H2,1-3H3,(H,24,25);1H. The van der Waals surface area contributed by atoms with Gasteiger partial charge in [0.15, 0.2) is 5.96 Å². The molecule has 1 atom stereocenters. The minimum absolute atomic E-state index is 0. The number of hydrogen-bond acceptors (Lipinski definition) is 4. The van der Waals surface area contributed by atoms with Crippen LogP contribution >= 0.6 is 24.0 Å². The number of guanidine groups is 1. The smallest absolute Gasteiger partial charge is 0.193 e. The quantitative estimate of drug-likeness (QED) is 0.305. The molecule has 1 unspecified atom stereocenters. The Labute approximate surface area is 197 Å². The van der Waals surface area contributed by atoms with Crippen LogP contribution in [-0.4, -0.2) is 56.2 Å². The van der Waals surface area contributed by atoms with E-state index in [1.165, 1.54) is 11.1 Å². The Balaban J connectivity index is 0.00000320. The number of aliphatic imine (C=N–C) groups is 1. The molecule has 0 spiro atoms. The lowest BCUT2D eigenvalue weighted by atomic mass is 10.1. The average Bonchev–Trinajstić information content (AvgIpc) is 3.40. The van der Waals surface area contributed by atoms with Crippen LogP contribution in [0.25, 0.3) is 0 Å². The lowest BCUT2D eigenvalue weighted by Crippen LogP contribution is -2.41. The number of rotatable bonds is 9. The molecule has 166 valence electrons. The first kappa shape index (κ1) is 24.7. The lowest BCUT2D eigenvalue weighted by molar-refractivity contribution is 0.181. The molecule has 0 aliphatic carbocycles. The van der Waals surface area contributed by atoms with Crippen LogP contribution in [0.1, 0.15) is 30.2 Å². The van der Waals surface area contributed by atoms with Gasteiger partial charge in [0.1, 0.15) is 5.76 Å². The third-order valence-electron chi connectivity index (χ3n) is 5.22. The summed E-state index contributed by atoms with van der Waals surface area (Å²) >= 11 is 0. The molecule has 1 aromatic heterocycles. The van der Waals surface area contributed by atoms with E-state index < -0.39 is 0 Å². The van der Waals surface area contributed by atoms with Crippen LogP contribution in [0.4, 0.5) is 0 Å². The lowest BCUT2D eigenvalue weighted by Gasteiger charge is -2.24. The summed E-state index contributed by atoms with van der Waals surface area (Å²) in [5.74, 6) is 2.53. The highest BCUT2D eigenvalue weighted by Crippen LogP contribution is 2.16. The molecule has 1 fully saturated rings. The molecule has 2 aromatic rings. The monoisotopic (exact) mass is 526 g/mol. The van der Waals surface area contributed by atoms with Crippen molar-refractivity contribution in [1.29, 1.82) is 0 Å². The highest BCUT2D eigenvalue weighted by Gasteiger charge is 2.19.